The van der Waals surface area contributed by atoms with Gasteiger partial charge in [-0.3, -0.25) is 0 Å². The highest BCUT2D eigenvalue weighted by Crippen LogP contribution is 2.13. The van der Waals surface area contributed by atoms with E-state index in [1.54, 1.807) is 7.11 Å². The van der Waals surface area contributed by atoms with Gasteiger partial charge in [-0.25, -0.2) is 0 Å². The molecule has 78 valence electrons. The molecule has 0 saturated heterocycles. The Morgan fingerprint density at radius 2 is 2.00 bits per heavy atom. The second-order valence-electron chi connectivity index (χ2n) is 3.49. The zero-order valence-electron chi connectivity index (χ0n) is 8.58. The van der Waals surface area contributed by atoms with E-state index in [-0.39, 0.29) is 0 Å². The lowest BCUT2D eigenvalue weighted by molar-refractivity contribution is 0.180. The number of methoxy groups -OCH3 is 1. The van der Waals surface area contributed by atoms with Crippen LogP contribution in [0.5, 0.6) is 0 Å². The first-order valence-electron chi connectivity index (χ1n) is 4.95. The highest BCUT2D eigenvalue weighted by atomic mass is 35.5. The van der Waals surface area contributed by atoms with Crippen molar-refractivity contribution in [2.45, 2.75) is 12.8 Å². The maximum atomic E-state index is 5.90. The third-order valence-electron chi connectivity index (χ3n) is 2.32. The van der Waals surface area contributed by atoms with Crippen LogP contribution in [-0.4, -0.2) is 19.6 Å². The predicted octanol–water partition coefficient (Wildman–Crippen LogP) is 3.12. The Hall–Kier alpha value is -0.530. The lowest BCUT2D eigenvalue weighted by Crippen LogP contribution is -2.09. The van der Waals surface area contributed by atoms with Gasteiger partial charge in [0.2, 0.25) is 0 Å². The van der Waals surface area contributed by atoms with Crippen LogP contribution in [0.2, 0.25) is 0 Å². The van der Waals surface area contributed by atoms with Gasteiger partial charge in [-0.15, -0.1) is 11.6 Å². The predicted molar refractivity (Wildman–Crippen MR) is 60.8 cm³/mol. The molecule has 1 nitrogen and oxygen atoms in total. The second-order valence-corrected chi connectivity index (χ2v) is 3.80. The molecular weight excluding hydrogens is 196 g/mol. The van der Waals surface area contributed by atoms with Crippen LogP contribution in [0.25, 0.3) is 0 Å². The van der Waals surface area contributed by atoms with Gasteiger partial charge in [0, 0.05) is 19.6 Å². The highest BCUT2D eigenvalue weighted by molar-refractivity contribution is 6.18. The summed E-state index contributed by atoms with van der Waals surface area (Å²) in [6.45, 7) is 0.796. The van der Waals surface area contributed by atoms with Crippen molar-refractivity contribution in [3.63, 3.8) is 0 Å². The lowest BCUT2D eigenvalue weighted by Gasteiger charge is -2.12. The molecule has 0 radical (unpaired) electrons. The fraction of sp³-hybridized carbons (Fsp3) is 0.500. The van der Waals surface area contributed by atoms with Crippen LogP contribution < -0.4 is 0 Å². The largest absolute Gasteiger partial charge is 0.385 e. The Morgan fingerprint density at radius 1 is 1.29 bits per heavy atom. The molecule has 0 aliphatic rings. The summed E-state index contributed by atoms with van der Waals surface area (Å²) >= 11 is 5.90. The van der Waals surface area contributed by atoms with Gasteiger partial charge in [0.05, 0.1) is 0 Å². The van der Waals surface area contributed by atoms with E-state index in [9.17, 15) is 0 Å². The number of rotatable bonds is 6. The highest BCUT2D eigenvalue weighted by Gasteiger charge is 2.07. The van der Waals surface area contributed by atoms with Gasteiger partial charge in [-0.1, -0.05) is 30.3 Å². The standard InChI is InChI=1S/C12H17ClO/c1-14-8-7-12(10-13)9-11-5-3-2-4-6-11/h2-6,12H,7-10H2,1H3. The maximum Gasteiger partial charge on any atom is 0.0465 e. The SMILES string of the molecule is COCCC(CCl)Cc1ccccc1. The minimum atomic E-state index is 0.527. The van der Waals surface area contributed by atoms with Crippen LogP contribution in [0, 0.1) is 5.92 Å². The molecule has 0 fully saturated rings. The van der Waals surface area contributed by atoms with Crippen LogP contribution in [0.15, 0.2) is 30.3 Å². The Morgan fingerprint density at radius 3 is 2.57 bits per heavy atom. The van der Waals surface area contributed by atoms with E-state index < -0.39 is 0 Å². The summed E-state index contributed by atoms with van der Waals surface area (Å²) in [5, 5.41) is 0. The fourth-order valence-corrected chi connectivity index (χ4v) is 1.73. The van der Waals surface area contributed by atoms with E-state index in [4.69, 9.17) is 16.3 Å². The van der Waals surface area contributed by atoms with E-state index in [0.717, 1.165) is 19.4 Å². The molecule has 0 aliphatic carbocycles. The van der Waals surface area contributed by atoms with Gasteiger partial charge in [-0.2, -0.15) is 0 Å². The summed E-state index contributed by atoms with van der Waals surface area (Å²) in [6, 6.07) is 10.5. The van der Waals surface area contributed by atoms with Crippen molar-refractivity contribution in [1.29, 1.82) is 0 Å². The first-order valence-corrected chi connectivity index (χ1v) is 5.49. The van der Waals surface area contributed by atoms with E-state index in [0.29, 0.717) is 11.8 Å². The minimum absolute atomic E-state index is 0.527. The molecule has 1 atom stereocenters. The van der Waals surface area contributed by atoms with Crippen LogP contribution in [-0.2, 0) is 11.2 Å². The van der Waals surface area contributed by atoms with Crippen LogP contribution in [0.3, 0.4) is 0 Å². The van der Waals surface area contributed by atoms with Gasteiger partial charge in [-0.05, 0) is 24.3 Å². The molecule has 1 aromatic rings. The van der Waals surface area contributed by atoms with Crippen LogP contribution in [0.4, 0.5) is 0 Å². The fourth-order valence-electron chi connectivity index (χ4n) is 1.47. The summed E-state index contributed by atoms with van der Waals surface area (Å²) in [4.78, 5) is 0. The molecule has 0 N–H and O–H groups in total. The van der Waals surface area contributed by atoms with Crippen LogP contribution in [0.1, 0.15) is 12.0 Å². The quantitative estimate of drug-likeness (QED) is 0.659. The number of benzene rings is 1. The molecule has 0 spiro atoms. The third kappa shape index (κ3) is 4.12. The van der Waals surface area contributed by atoms with Crippen molar-refractivity contribution in [2.75, 3.05) is 19.6 Å². The first kappa shape index (κ1) is 11.5. The van der Waals surface area contributed by atoms with E-state index in [2.05, 4.69) is 24.3 Å². The summed E-state index contributed by atoms with van der Waals surface area (Å²) in [7, 11) is 1.73. The van der Waals surface area contributed by atoms with Crippen molar-refractivity contribution >= 4 is 11.6 Å². The zero-order valence-corrected chi connectivity index (χ0v) is 9.33. The molecule has 1 unspecified atom stereocenters. The number of hydrogen-bond donors (Lipinski definition) is 0. The molecule has 1 aromatic carbocycles. The smallest absolute Gasteiger partial charge is 0.0465 e. The number of ether oxygens (including phenoxy) is 1. The molecule has 0 bridgehead atoms. The Bertz CT molecular complexity index is 235. The van der Waals surface area contributed by atoms with Crippen molar-refractivity contribution in [2.24, 2.45) is 5.92 Å². The number of hydrogen-bond acceptors (Lipinski definition) is 1. The molecule has 2 heteroatoms. The minimum Gasteiger partial charge on any atom is -0.385 e. The summed E-state index contributed by atoms with van der Waals surface area (Å²) in [5.41, 5.74) is 1.36. The molecular formula is C12H17ClO. The molecule has 0 heterocycles. The summed E-state index contributed by atoms with van der Waals surface area (Å²) in [5.74, 6) is 1.23. The molecule has 0 amide bonds. The zero-order chi connectivity index (χ0) is 10.2. The first-order chi connectivity index (χ1) is 6.86. The molecule has 14 heavy (non-hydrogen) atoms. The van der Waals surface area contributed by atoms with E-state index in [1.165, 1.54) is 5.56 Å². The molecule has 0 aromatic heterocycles. The number of alkyl halides is 1. The number of halogens is 1. The Balaban J connectivity index is 2.40. The van der Waals surface area contributed by atoms with E-state index in [1.807, 2.05) is 6.07 Å². The van der Waals surface area contributed by atoms with E-state index >= 15 is 0 Å². The second kappa shape index (κ2) is 6.86. The normalized spacial score (nSPS) is 12.7. The van der Waals surface area contributed by atoms with Gasteiger partial charge < -0.3 is 4.74 Å². The lowest BCUT2D eigenvalue weighted by atomic mass is 9.98. The van der Waals surface area contributed by atoms with Crippen molar-refractivity contribution < 1.29 is 4.74 Å². The Labute approximate surface area is 91.0 Å². The summed E-state index contributed by atoms with van der Waals surface area (Å²) < 4.78 is 5.05. The van der Waals surface area contributed by atoms with Gasteiger partial charge in [0.1, 0.15) is 0 Å². The van der Waals surface area contributed by atoms with Crippen molar-refractivity contribution in [3.8, 4) is 0 Å². The van der Waals surface area contributed by atoms with Crippen molar-refractivity contribution in [1.82, 2.24) is 0 Å². The molecule has 0 aliphatic heterocycles. The van der Waals surface area contributed by atoms with Gasteiger partial charge in [0.15, 0.2) is 0 Å². The molecule has 1 rings (SSSR count). The Kier molecular flexibility index (Phi) is 5.65. The maximum absolute atomic E-state index is 5.90. The van der Waals surface area contributed by atoms with Gasteiger partial charge >= 0.3 is 0 Å². The average Bonchev–Trinajstić information content (AvgIpc) is 2.25. The third-order valence-corrected chi connectivity index (χ3v) is 2.75. The van der Waals surface area contributed by atoms with Gasteiger partial charge in [0.25, 0.3) is 0 Å². The van der Waals surface area contributed by atoms with Crippen LogP contribution >= 0.6 is 11.6 Å². The monoisotopic (exact) mass is 212 g/mol. The topological polar surface area (TPSA) is 9.23 Å². The summed E-state index contributed by atoms with van der Waals surface area (Å²) in [6.07, 6.45) is 2.09. The molecule has 0 saturated carbocycles. The average molecular weight is 213 g/mol. The van der Waals surface area contributed by atoms with Crippen molar-refractivity contribution in [3.05, 3.63) is 35.9 Å².